The molecule has 0 atom stereocenters. The van der Waals surface area contributed by atoms with E-state index < -0.39 is 7.80 Å². The van der Waals surface area contributed by atoms with E-state index in [1.807, 2.05) is 52.0 Å². The lowest BCUT2D eigenvalue weighted by Gasteiger charge is -1.98. The third-order valence-corrected chi connectivity index (χ3v) is 4.34. The molecule has 2 aromatic rings. The quantitative estimate of drug-likeness (QED) is 0.750. The Labute approximate surface area is 110 Å². The summed E-state index contributed by atoms with van der Waals surface area (Å²) in [6, 6.07) is 12.3. The van der Waals surface area contributed by atoms with Crippen LogP contribution in [0, 0.1) is 27.7 Å². The molecule has 0 unspecified atom stereocenters. The second kappa shape index (κ2) is 5.04. The van der Waals surface area contributed by atoms with Crippen LogP contribution in [-0.2, 0) is 4.57 Å². The topological polar surface area (TPSA) is 17.1 Å². The van der Waals surface area contributed by atoms with Gasteiger partial charge in [-0.3, -0.25) is 0 Å². The minimum absolute atomic E-state index is 0.924. The highest BCUT2D eigenvalue weighted by atomic mass is 31.1. The predicted octanol–water partition coefficient (Wildman–Crippen LogP) is 3.70. The highest BCUT2D eigenvalue weighted by molar-refractivity contribution is 7.61. The largest absolute Gasteiger partial charge is 0.415 e. The van der Waals surface area contributed by atoms with Gasteiger partial charge in [-0.2, -0.15) is 0 Å². The van der Waals surface area contributed by atoms with Crippen molar-refractivity contribution < 1.29 is 4.57 Å². The fourth-order valence-corrected chi connectivity index (χ4v) is 3.87. The molecule has 0 spiro atoms. The maximum atomic E-state index is 12.6. The van der Waals surface area contributed by atoms with Gasteiger partial charge in [0.2, 0.25) is 0 Å². The molecule has 0 radical (unpaired) electrons. The molecular weight excluding hydrogens is 239 g/mol. The molecule has 0 amide bonds. The maximum Gasteiger partial charge on any atom is 0.415 e. The third-order valence-electron chi connectivity index (χ3n) is 2.88. The van der Waals surface area contributed by atoms with E-state index in [0.717, 1.165) is 32.9 Å². The van der Waals surface area contributed by atoms with Crippen molar-refractivity contribution in [2.45, 2.75) is 27.7 Å². The first kappa shape index (κ1) is 13.0. The van der Waals surface area contributed by atoms with Crippen LogP contribution >= 0.6 is 7.80 Å². The zero-order valence-corrected chi connectivity index (χ0v) is 12.2. The van der Waals surface area contributed by atoms with Crippen molar-refractivity contribution in [2.24, 2.45) is 0 Å². The van der Waals surface area contributed by atoms with Crippen molar-refractivity contribution >= 4 is 18.4 Å². The average molecular weight is 257 g/mol. The number of benzene rings is 2. The van der Waals surface area contributed by atoms with Crippen LogP contribution in [0.1, 0.15) is 22.3 Å². The van der Waals surface area contributed by atoms with Gasteiger partial charge in [0.05, 0.1) is 0 Å². The summed E-state index contributed by atoms with van der Waals surface area (Å²) in [6.07, 6.45) is 0. The van der Waals surface area contributed by atoms with Crippen molar-refractivity contribution in [2.75, 3.05) is 0 Å². The molecule has 0 aromatic heterocycles. The first-order valence-electron chi connectivity index (χ1n) is 6.09. The van der Waals surface area contributed by atoms with Crippen LogP contribution in [0.5, 0.6) is 0 Å². The molecule has 0 aliphatic heterocycles. The molecule has 0 saturated carbocycles. The second-order valence-corrected chi connectivity index (χ2v) is 6.61. The summed E-state index contributed by atoms with van der Waals surface area (Å²) in [5.74, 6) is 0. The molecule has 0 saturated heterocycles. The molecule has 0 heterocycles. The number of aryl methyl sites for hydroxylation is 4. The first-order chi connectivity index (χ1) is 8.45. The van der Waals surface area contributed by atoms with E-state index in [9.17, 15) is 4.57 Å². The van der Waals surface area contributed by atoms with E-state index in [-0.39, 0.29) is 0 Å². The van der Waals surface area contributed by atoms with E-state index in [0.29, 0.717) is 0 Å². The molecule has 0 N–H and O–H groups in total. The van der Waals surface area contributed by atoms with Crippen LogP contribution in [-0.4, -0.2) is 0 Å². The van der Waals surface area contributed by atoms with E-state index in [4.69, 9.17) is 0 Å². The first-order valence-corrected chi connectivity index (χ1v) is 7.35. The fourth-order valence-electron chi connectivity index (χ4n) is 2.28. The minimum atomic E-state index is -1.49. The molecule has 0 bridgehead atoms. The van der Waals surface area contributed by atoms with Gasteiger partial charge in [-0.25, -0.2) is 0 Å². The molecule has 0 aliphatic rings. The van der Waals surface area contributed by atoms with E-state index in [1.54, 1.807) is 0 Å². The Balaban J connectivity index is 2.47. The second-order valence-electron chi connectivity index (χ2n) is 4.99. The number of hydrogen-bond acceptors (Lipinski definition) is 1. The van der Waals surface area contributed by atoms with E-state index in [1.165, 1.54) is 0 Å². The van der Waals surface area contributed by atoms with Gasteiger partial charge >= 0.3 is 7.80 Å². The van der Waals surface area contributed by atoms with Crippen molar-refractivity contribution in [3.05, 3.63) is 58.7 Å². The lowest BCUT2D eigenvalue weighted by atomic mass is 10.2. The Morgan fingerprint density at radius 1 is 0.611 bits per heavy atom. The number of hydrogen-bond donors (Lipinski definition) is 0. The molecule has 2 heteroatoms. The van der Waals surface area contributed by atoms with Crippen molar-refractivity contribution in [1.29, 1.82) is 0 Å². The van der Waals surface area contributed by atoms with Crippen molar-refractivity contribution in [1.82, 2.24) is 0 Å². The van der Waals surface area contributed by atoms with Crippen molar-refractivity contribution in [3.8, 4) is 0 Å². The van der Waals surface area contributed by atoms with Gasteiger partial charge in [0.25, 0.3) is 0 Å². The van der Waals surface area contributed by atoms with Crippen LogP contribution in [0.15, 0.2) is 36.4 Å². The van der Waals surface area contributed by atoms with Crippen LogP contribution in [0.2, 0.25) is 0 Å². The minimum Gasteiger partial charge on any atom is -0.0613 e. The Hall–Kier alpha value is -1.46. The van der Waals surface area contributed by atoms with Gasteiger partial charge in [0.15, 0.2) is 10.6 Å². The number of rotatable bonds is 2. The SMILES string of the molecule is Cc1cc(C)cc([P+](=O)c2cc(C)cc(C)c2)c1. The van der Waals surface area contributed by atoms with Gasteiger partial charge in [-0.1, -0.05) is 16.7 Å². The smallest absolute Gasteiger partial charge is 0.0613 e. The summed E-state index contributed by atoms with van der Waals surface area (Å²) in [7, 11) is -1.49. The van der Waals surface area contributed by atoms with Gasteiger partial charge in [-0.15, -0.1) is 0 Å². The molecule has 92 valence electrons. The van der Waals surface area contributed by atoms with Crippen LogP contribution < -0.4 is 10.6 Å². The summed E-state index contributed by atoms with van der Waals surface area (Å²) in [5.41, 5.74) is 4.66. The third kappa shape index (κ3) is 2.86. The summed E-state index contributed by atoms with van der Waals surface area (Å²) in [5, 5.41) is 1.85. The molecule has 0 aliphatic carbocycles. The Kier molecular flexibility index (Phi) is 3.63. The normalized spacial score (nSPS) is 10.4. The molecule has 1 nitrogen and oxygen atoms in total. The van der Waals surface area contributed by atoms with E-state index in [2.05, 4.69) is 12.1 Å². The monoisotopic (exact) mass is 257 g/mol. The fraction of sp³-hybridized carbons (Fsp3) is 0.250. The predicted molar refractivity (Wildman–Crippen MR) is 78.7 cm³/mol. The van der Waals surface area contributed by atoms with Crippen LogP contribution in [0.3, 0.4) is 0 Å². The summed E-state index contributed by atoms with van der Waals surface area (Å²) in [4.78, 5) is 0. The molecule has 2 aromatic carbocycles. The van der Waals surface area contributed by atoms with Gasteiger partial charge in [0.1, 0.15) is 0 Å². The molecule has 18 heavy (non-hydrogen) atoms. The summed E-state index contributed by atoms with van der Waals surface area (Å²) >= 11 is 0. The van der Waals surface area contributed by atoms with Gasteiger partial charge in [-0.05, 0) is 74.2 Å². The van der Waals surface area contributed by atoms with E-state index >= 15 is 0 Å². The molecular formula is C16H18OP+. The van der Waals surface area contributed by atoms with Crippen LogP contribution in [0.25, 0.3) is 0 Å². The van der Waals surface area contributed by atoms with Crippen molar-refractivity contribution in [3.63, 3.8) is 0 Å². The maximum absolute atomic E-state index is 12.6. The summed E-state index contributed by atoms with van der Waals surface area (Å²) < 4.78 is 12.6. The highest BCUT2D eigenvalue weighted by Gasteiger charge is 2.24. The summed E-state index contributed by atoms with van der Waals surface area (Å²) in [6.45, 7) is 8.17. The Bertz CT molecular complexity index is 520. The zero-order valence-electron chi connectivity index (χ0n) is 11.3. The molecule has 0 fully saturated rings. The standard InChI is InChI=1S/C16H18OP/c1-11-5-12(2)8-15(7-11)18(17)16-9-13(3)6-14(4)10-16/h5-10H,1-4H3/q+1. The lowest BCUT2D eigenvalue weighted by molar-refractivity contribution is 0.598. The molecule has 2 rings (SSSR count). The Morgan fingerprint density at radius 2 is 0.889 bits per heavy atom. The lowest BCUT2D eigenvalue weighted by Crippen LogP contribution is -2.08. The van der Waals surface area contributed by atoms with Gasteiger partial charge in [0, 0.05) is 0 Å². The van der Waals surface area contributed by atoms with Crippen LogP contribution in [0.4, 0.5) is 0 Å². The Morgan fingerprint density at radius 3 is 1.17 bits per heavy atom. The highest BCUT2D eigenvalue weighted by Crippen LogP contribution is 2.22. The zero-order chi connectivity index (χ0) is 13.3. The van der Waals surface area contributed by atoms with Gasteiger partial charge < -0.3 is 0 Å². The average Bonchev–Trinajstić information content (AvgIpc) is 2.25.